The van der Waals surface area contributed by atoms with Gasteiger partial charge in [0.2, 0.25) is 0 Å². The maximum atomic E-state index is 14.1. The molecule has 1 saturated heterocycles. The number of nitrogens with two attached hydrogens (primary N) is 1. The van der Waals surface area contributed by atoms with Crippen LogP contribution in [-0.4, -0.2) is 58.9 Å². The number of halogens is 4. The topological polar surface area (TPSA) is 119 Å². The van der Waals surface area contributed by atoms with Gasteiger partial charge in [0.15, 0.2) is 5.82 Å². The molecular weight excluding hydrogens is 546 g/mol. The minimum Gasteiger partial charge on any atom is -0.382 e. The van der Waals surface area contributed by atoms with E-state index in [1.165, 1.54) is 6.33 Å². The molecule has 10 nitrogen and oxygen atoms in total. The number of rotatable bonds is 7. The van der Waals surface area contributed by atoms with E-state index in [1.54, 1.807) is 35.9 Å². The van der Waals surface area contributed by atoms with Crippen LogP contribution in [0.3, 0.4) is 0 Å². The van der Waals surface area contributed by atoms with Gasteiger partial charge in [-0.2, -0.15) is 18.3 Å². The molecule has 3 heterocycles. The molecule has 216 valence electrons. The Morgan fingerprint density at radius 3 is 2.54 bits per heavy atom. The van der Waals surface area contributed by atoms with Crippen molar-refractivity contribution in [1.82, 2.24) is 19.5 Å². The van der Waals surface area contributed by atoms with Gasteiger partial charge >= 0.3 is 12.2 Å². The molecule has 0 aliphatic carbocycles. The summed E-state index contributed by atoms with van der Waals surface area (Å²) in [5, 5.41) is 9.10. The van der Waals surface area contributed by atoms with Crippen LogP contribution < -0.4 is 16.4 Å². The van der Waals surface area contributed by atoms with Crippen molar-refractivity contribution in [3.8, 4) is 11.1 Å². The smallest absolute Gasteiger partial charge is 0.382 e. The maximum Gasteiger partial charge on any atom is 0.416 e. The van der Waals surface area contributed by atoms with Gasteiger partial charge in [0, 0.05) is 43.6 Å². The number of fused-ring (bicyclic) bond motifs is 1. The highest BCUT2D eigenvalue weighted by Crippen LogP contribution is 2.37. The van der Waals surface area contributed by atoms with E-state index < -0.39 is 29.3 Å². The Hall–Kier alpha value is -4.27. The monoisotopic (exact) mass is 573 g/mol. The number of morpholine rings is 1. The number of alkyl halides is 3. The zero-order valence-corrected chi connectivity index (χ0v) is 22.0. The van der Waals surface area contributed by atoms with E-state index in [4.69, 9.17) is 15.2 Å². The second-order valence-corrected chi connectivity index (χ2v) is 9.38. The second-order valence-electron chi connectivity index (χ2n) is 9.38. The number of hydrogen-bond donors (Lipinski definition) is 3. The number of nitrogens with zero attached hydrogens (tertiary/aromatic N) is 4. The molecule has 0 bridgehead atoms. The van der Waals surface area contributed by atoms with E-state index in [-0.39, 0.29) is 12.4 Å². The summed E-state index contributed by atoms with van der Waals surface area (Å²) >= 11 is 0. The van der Waals surface area contributed by atoms with E-state index in [0.29, 0.717) is 49.2 Å². The average Bonchev–Trinajstić information content (AvgIpc) is 3.24. The van der Waals surface area contributed by atoms with Crippen LogP contribution in [0.4, 0.5) is 39.5 Å². The molecule has 0 radical (unpaired) electrons. The average molecular weight is 574 g/mol. The molecule has 0 saturated carbocycles. The highest BCUT2D eigenvalue weighted by atomic mass is 19.4. The molecule has 4 aromatic rings. The first-order chi connectivity index (χ1) is 19.7. The number of amides is 2. The van der Waals surface area contributed by atoms with Crippen LogP contribution in [0.2, 0.25) is 0 Å². The summed E-state index contributed by atoms with van der Waals surface area (Å²) in [6.07, 6.45) is -3.29. The van der Waals surface area contributed by atoms with Crippen LogP contribution in [0.25, 0.3) is 16.6 Å². The molecule has 2 aromatic heterocycles. The number of aromatic nitrogens is 3. The summed E-state index contributed by atoms with van der Waals surface area (Å²) in [6, 6.07) is 7.60. The molecule has 5 rings (SSSR count). The maximum absolute atomic E-state index is 14.1. The third kappa shape index (κ3) is 6.09. The number of anilines is 3. The third-order valence-electron chi connectivity index (χ3n) is 6.70. The van der Waals surface area contributed by atoms with Crippen molar-refractivity contribution in [2.45, 2.75) is 19.3 Å². The van der Waals surface area contributed by atoms with E-state index >= 15 is 0 Å². The largest absolute Gasteiger partial charge is 0.416 e. The van der Waals surface area contributed by atoms with Crippen LogP contribution in [0, 0.1) is 5.82 Å². The molecule has 2 aromatic carbocycles. The molecule has 14 heteroatoms. The number of hydrogen-bond acceptors (Lipinski definition) is 7. The van der Waals surface area contributed by atoms with E-state index in [1.807, 2.05) is 0 Å². The molecule has 1 aliphatic rings. The summed E-state index contributed by atoms with van der Waals surface area (Å²) in [7, 11) is 1.60. The lowest BCUT2D eigenvalue weighted by Crippen LogP contribution is -2.36. The zero-order valence-electron chi connectivity index (χ0n) is 22.0. The number of methoxy groups -OCH3 is 1. The fourth-order valence-corrected chi connectivity index (χ4v) is 4.77. The lowest BCUT2D eigenvalue weighted by molar-refractivity contribution is -0.137. The first-order valence-electron chi connectivity index (χ1n) is 12.6. The fourth-order valence-electron chi connectivity index (χ4n) is 4.77. The Bertz CT molecular complexity index is 1550. The van der Waals surface area contributed by atoms with Crippen LogP contribution in [0.5, 0.6) is 0 Å². The van der Waals surface area contributed by atoms with Gasteiger partial charge in [-0.1, -0.05) is 12.1 Å². The van der Waals surface area contributed by atoms with Crippen molar-refractivity contribution in [2.75, 3.05) is 49.8 Å². The normalized spacial score (nSPS) is 14.4. The van der Waals surface area contributed by atoms with Gasteiger partial charge < -0.3 is 25.8 Å². The lowest BCUT2D eigenvalue weighted by Gasteiger charge is -2.26. The van der Waals surface area contributed by atoms with E-state index in [9.17, 15) is 22.4 Å². The van der Waals surface area contributed by atoms with Gasteiger partial charge in [-0.15, -0.1) is 0 Å². The van der Waals surface area contributed by atoms with Gasteiger partial charge in [-0.05, 0) is 35.9 Å². The van der Waals surface area contributed by atoms with Gasteiger partial charge in [-0.3, -0.25) is 4.90 Å². The zero-order chi connectivity index (χ0) is 29.1. The van der Waals surface area contributed by atoms with Gasteiger partial charge in [-0.25, -0.2) is 18.7 Å². The fraction of sp³-hybridized carbons (Fsp3) is 0.296. The van der Waals surface area contributed by atoms with Crippen LogP contribution >= 0.6 is 0 Å². The standard InChI is InChI=1S/C27H27F4N7O3/c1-40-14-19-22(13-37-8-10-41-11-9-37)38-24(25(32)33-15-34-38)23(19)16-2-5-18(6-3-16)35-26(39)36-21-12-17(27(29,30)31)4-7-20(21)28/h2-7,12,15H,8-11,13-14H2,1H3,(H2,32,33,34)(H2,35,36,39). The second kappa shape index (κ2) is 11.7. The summed E-state index contributed by atoms with van der Waals surface area (Å²) in [6.45, 7) is 3.67. The molecule has 41 heavy (non-hydrogen) atoms. The Morgan fingerprint density at radius 1 is 1.12 bits per heavy atom. The summed E-state index contributed by atoms with van der Waals surface area (Å²) in [4.78, 5) is 18.9. The number of nitrogens with one attached hydrogen (secondary N) is 2. The summed E-state index contributed by atoms with van der Waals surface area (Å²) in [5.41, 5.74) is 8.88. The summed E-state index contributed by atoms with van der Waals surface area (Å²) in [5.74, 6) is -0.715. The van der Waals surface area contributed by atoms with Crippen molar-refractivity contribution in [3.05, 3.63) is 71.4 Å². The molecule has 2 amide bonds. The van der Waals surface area contributed by atoms with Gasteiger partial charge in [0.05, 0.1) is 36.8 Å². The molecule has 1 aliphatic heterocycles. The number of ether oxygens (including phenoxy) is 2. The van der Waals surface area contributed by atoms with Crippen LogP contribution in [0.1, 0.15) is 16.8 Å². The minimum absolute atomic E-state index is 0.281. The van der Waals surface area contributed by atoms with Crippen molar-refractivity contribution >= 4 is 28.7 Å². The van der Waals surface area contributed by atoms with Crippen LogP contribution in [0.15, 0.2) is 48.8 Å². The highest BCUT2D eigenvalue weighted by molar-refractivity contribution is 6.00. The molecule has 0 unspecified atom stereocenters. The minimum atomic E-state index is -4.68. The van der Waals surface area contributed by atoms with E-state index in [0.717, 1.165) is 35.5 Å². The lowest BCUT2D eigenvalue weighted by atomic mass is 10.0. The van der Waals surface area contributed by atoms with Crippen molar-refractivity contribution in [1.29, 1.82) is 0 Å². The predicted molar refractivity (Wildman–Crippen MR) is 144 cm³/mol. The molecule has 1 fully saturated rings. The SMILES string of the molecule is COCc1c(-c2ccc(NC(=O)Nc3cc(C(F)(F)F)ccc3F)cc2)c2c(N)ncnn2c1CN1CCOCC1. The van der Waals surface area contributed by atoms with Crippen LogP contribution in [-0.2, 0) is 28.8 Å². The number of carbonyl (C=O) groups is 1. The summed E-state index contributed by atoms with van der Waals surface area (Å²) < 4.78 is 65.8. The van der Waals surface area contributed by atoms with Gasteiger partial charge in [0.25, 0.3) is 0 Å². The number of nitrogen functional groups attached to an aromatic ring is 1. The van der Waals surface area contributed by atoms with Crippen molar-refractivity contribution < 1.29 is 31.8 Å². The predicted octanol–water partition coefficient (Wildman–Crippen LogP) is 4.76. The Balaban J connectivity index is 1.42. The third-order valence-corrected chi connectivity index (χ3v) is 6.70. The number of benzene rings is 2. The molecule has 0 atom stereocenters. The highest BCUT2D eigenvalue weighted by Gasteiger charge is 2.31. The molecule has 0 spiro atoms. The first-order valence-corrected chi connectivity index (χ1v) is 12.6. The molecule has 4 N–H and O–H groups in total. The van der Waals surface area contributed by atoms with Crippen molar-refractivity contribution in [2.24, 2.45) is 0 Å². The van der Waals surface area contributed by atoms with Crippen molar-refractivity contribution in [3.63, 3.8) is 0 Å². The van der Waals surface area contributed by atoms with Gasteiger partial charge in [0.1, 0.15) is 17.7 Å². The number of urea groups is 1. The Kier molecular flexibility index (Phi) is 8.06. The Labute approximate surface area is 232 Å². The first kappa shape index (κ1) is 28.3. The Morgan fingerprint density at radius 2 is 1.85 bits per heavy atom. The molecular formula is C27H27F4N7O3. The quantitative estimate of drug-likeness (QED) is 0.273. The number of carbonyl (C=O) groups excluding carboxylic acids is 1. The van der Waals surface area contributed by atoms with E-state index in [2.05, 4.69) is 25.6 Å².